The predicted molar refractivity (Wildman–Crippen MR) is 74.1 cm³/mol. The smallest absolute Gasteiger partial charge is 0.137 e. The van der Waals surface area contributed by atoms with Gasteiger partial charge in [0, 0.05) is 18.7 Å². The normalized spacial score (nSPS) is 23.6. The molecule has 0 aromatic carbocycles. The summed E-state index contributed by atoms with van der Waals surface area (Å²) in [5, 5.41) is 9.29. The first kappa shape index (κ1) is 14.0. The molecule has 0 spiro atoms. The van der Waals surface area contributed by atoms with E-state index >= 15 is 0 Å². The fourth-order valence-electron chi connectivity index (χ4n) is 2.50. The van der Waals surface area contributed by atoms with E-state index in [1.165, 1.54) is 6.33 Å². The van der Waals surface area contributed by atoms with Crippen molar-refractivity contribution in [1.82, 2.24) is 9.97 Å². The number of anilines is 2. The van der Waals surface area contributed by atoms with Crippen molar-refractivity contribution in [2.75, 3.05) is 30.3 Å². The molecule has 2 heterocycles. The zero-order chi connectivity index (χ0) is 13.8. The SMILES string of the molecule is CCCc1c(N)ncnc1N1CC(C)OC(CO)C1. The van der Waals surface area contributed by atoms with Crippen LogP contribution in [-0.2, 0) is 11.2 Å². The summed E-state index contributed by atoms with van der Waals surface area (Å²) in [5.74, 6) is 1.43. The monoisotopic (exact) mass is 266 g/mol. The van der Waals surface area contributed by atoms with E-state index < -0.39 is 0 Å². The minimum atomic E-state index is -0.172. The lowest BCUT2D eigenvalue weighted by Crippen LogP contribution is -2.48. The Balaban J connectivity index is 2.27. The summed E-state index contributed by atoms with van der Waals surface area (Å²) in [6.45, 7) is 5.51. The van der Waals surface area contributed by atoms with E-state index in [-0.39, 0.29) is 18.8 Å². The van der Waals surface area contributed by atoms with Gasteiger partial charge >= 0.3 is 0 Å². The van der Waals surface area contributed by atoms with Crippen LogP contribution in [-0.4, -0.2) is 47.0 Å². The molecule has 106 valence electrons. The van der Waals surface area contributed by atoms with Gasteiger partial charge in [0.15, 0.2) is 0 Å². The van der Waals surface area contributed by atoms with Crippen LogP contribution in [0.2, 0.25) is 0 Å². The molecule has 2 atom stereocenters. The topological polar surface area (TPSA) is 84.5 Å². The van der Waals surface area contributed by atoms with E-state index in [0.717, 1.165) is 30.8 Å². The molecule has 1 saturated heterocycles. The number of aliphatic hydroxyl groups excluding tert-OH is 1. The van der Waals surface area contributed by atoms with Gasteiger partial charge in [-0.2, -0.15) is 0 Å². The van der Waals surface area contributed by atoms with Crippen LogP contribution in [0, 0.1) is 0 Å². The quantitative estimate of drug-likeness (QED) is 0.830. The van der Waals surface area contributed by atoms with E-state index in [0.29, 0.717) is 12.4 Å². The molecular weight excluding hydrogens is 244 g/mol. The van der Waals surface area contributed by atoms with Gasteiger partial charge in [-0.25, -0.2) is 9.97 Å². The van der Waals surface area contributed by atoms with E-state index in [1.54, 1.807) is 0 Å². The lowest BCUT2D eigenvalue weighted by Gasteiger charge is -2.37. The molecule has 0 saturated carbocycles. The van der Waals surface area contributed by atoms with Crippen molar-refractivity contribution < 1.29 is 9.84 Å². The summed E-state index contributed by atoms with van der Waals surface area (Å²) < 4.78 is 5.65. The molecular formula is C13H22N4O2. The van der Waals surface area contributed by atoms with Crippen molar-refractivity contribution in [3.05, 3.63) is 11.9 Å². The summed E-state index contributed by atoms with van der Waals surface area (Å²) in [6.07, 6.45) is 3.24. The minimum Gasteiger partial charge on any atom is -0.394 e. The van der Waals surface area contributed by atoms with Gasteiger partial charge in [-0.3, -0.25) is 0 Å². The van der Waals surface area contributed by atoms with Crippen molar-refractivity contribution >= 4 is 11.6 Å². The number of hydrogen-bond acceptors (Lipinski definition) is 6. The highest BCUT2D eigenvalue weighted by Crippen LogP contribution is 2.25. The molecule has 0 bridgehead atoms. The molecule has 19 heavy (non-hydrogen) atoms. The molecule has 1 aliphatic rings. The average Bonchev–Trinajstić information content (AvgIpc) is 2.40. The van der Waals surface area contributed by atoms with Crippen molar-refractivity contribution in [2.24, 2.45) is 0 Å². The maximum atomic E-state index is 9.29. The summed E-state index contributed by atoms with van der Waals surface area (Å²) in [4.78, 5) is 10.6. The van der Waals surface area contributed by atoms with Crippen molar-refractivity contribution in [1.29, 1.82) is 0 Å². The lowest BCUT2D eigenvalue weighted by molar-refractivity contribution is -0.0423. The van der Waals surface area contributed by atoms with Crippen LogP contribution in [0.25, 0.3) is 0 Å². The molecule has 6 heteroatoms. The first-order chi connectivity index (χ1) is 9.15. The van der Waals surface area contributed by atoms with Gasteiger partial charge in [0.25, 0.3) is 0 Å². The Bertz CT molecular complexity index is 427. The summed E-state index contributed by atoms with van der Waals surface area (Å²) >= 11 is 0. The van der Waals surface area contributed by atoms with E-state index in [2.05, 4.69) is 21.8 Å². The molecule has 0 aliphatic carbocycles. The second-order valence-electron chi connectivity index (χ2n) is 4.97. The number of nitrogens with zero attached hydrogens (tertiary/aromatic N) is 3. The third-order valence-corrected chi connectivity index (χ3v) is 3.29. The molecule has 1 aromatic rings. The van der Waals surface area contributed by atoms with Crippen molar-refractivity contribution in [3.63, 3.8) is 0 Å². The zero-order valence-corrected chi connectivity index (χ0v) is 11.5. The highest BCUT2D eigenvalue weighted by molar-refractivity contribution is 5.57. The molecule has 1 aromatic heterocycles. The maximum absolute atomic E-state index is 9.29. The first-order valence-electron chi connectivity index (χ1n) is 6.76. The number of morpholine rings is 1. The van der Waals surface area contributed by atoms with Gasteiger partial charge in [-0.05, 0) is 13.3 Å². The Morgan fingerprint density at radius 2 is 2.26 bits per heavy atom. The third-order valence-electron chi connectivity index (χ3n) is 3.29. The Kier molecular flexibility index (Phi) is 4.55. The van der Waals surface area contributed by atoms with Gasteiger partial charge < -0.3 is 20.5 Å². The Morgan fingerprint density at radius 3 is 2.95 bits per heavy atom. The molecule has 1 aliphatic heterocycles. The van der Waals surface area contributed by atoms with Crippen molar-refractivity contribution in [2.45, 2.75) is 38.9 Å². The number of rotatable bonds is 4. The highest BCUT2D eigenvalue weighted by atomic mass is 16.5. The number of hydrogen-bond donors (Lipinski definition) is 2. The van der Waals surface area contributed by atoms with Gasteiger partial charge in [-0.15, -0.1) is 0 Å². The third kappa shape index (κ3) is 3.13. The number of ether oxygens (including phenoxy) is 1. The number of aromatic nitrogens is 2. The highest BCUT2D eigenvalue weighted by Gasteiger charge is 2.27. The molecule has 0 radical (unpaired) electrons. The van der Waals surface area contributed by atoms with Crippen LogP contribution >= 0.6 is 0 Å². The molecule has 1 fully saturated rings. The molecule has 2 unspecified atom stereocenters. The van der Waals surface area contributed by atoms with Crippen LogP contribution < -0.4 is 10.6 Å². The fraction of sp³-hybridized carbons (Fsp3) is 0.692. The number of nitrogens with two attached hydrogens (primary N) is 1. The van der Waals surface area contributed by atoms with E-state index in [9.17, 15) is 5.11 Å². The first-order valence-corrected chi connectivity index (χ1v) is 6.76. The van der Waals surface area contributed by atoms with Gasteiger partial charge in [0.1, 0.15) is 18.0 Å². The van der Waals surface area contributed by atoms with Gasteiger partial charge in [-0.1, -0.05) is 13.3 Å². The Hall–Kier alpha value is -1.40. The van der Waals surface area contributed by atoms with Gasteiger partial charge in [0.05, 0.1) is 18.8 Å². The second-order valence-corrected chi connectivity index (χ2v) is 4.97. The van der Waals surface area contributed by atoms with Crippen LogP contribution in [0.5, 0.6) is 0 Å². The molecule has 0 amide bonds. The summed E-state index contributed by atoms with van der Waals surface area (Å²) in [7, 11) is 0. The fourth-order valence-corrected chi connectivity index (χ4v) is 2.50. The number of aliphatic hydroxyl groups is 1. The predicted octanol–water partition coefficient (Wildman–Crippen LogP) is 0.597. The van der Waals surface area contributed by atoms with Crippen LogP contribution in [0.15, 0.2) is 6.33 Å². The Morgan fingerprint density at radius 1 is 1.47 bits per heavy atom. The van der Waals surface area contributed by atoms with Gasteiger partial charge in [0.2, 0.25) is 0 Å². The second kappa shape index (κ2) is 6.16. The standard InChI is InChI=1S/C13H22N4O2/c1-3-4-11-12(14)15-8-16-13(11)17-5-9(2)19-10(6-17)7-18/h8-10,18H,3-7H2,1-2H3,(H2,14,15,16). The minimum absolute atomic E-state index is 0.0184. The Labute approximate surface area is 113 Å². The van der Waals surface area contributed by atoms with Crippen LogP contribution in [0.1, 0.15) is 25.8 Å². The van der Waals surface area contributed by atoms with Crippen molar-refractivity contribution in [3.8, 4) is 0 Å². The summed E-state index contributed by atoms with van der Waals surface area (Å²) in [5.41, 5.74) is 6.95. The van der Waals surface area contributed by atoms with Crippen LogP contribution in [0.3, 0.4) is 0 Å². The van der Waals surface area contributed by atoms with E-state index in [4.69, 9.17) is 10.5 Å². The molecule has 2 rings (SSSR count). The summed E-state index contributed by atoms with van der Waals surface area (Å²) in [6, 6.07) is 0. The molecule has 6 nitrogen and oxygen atoms in total. The maximum Gasteiger partial charge on any atom is 0.137 e. The lowest BCUT2D eigenvalue weighted by atomic mass is 10.1. The average molecular weight is 266 g/mol. The van der Waals surface area contributed by atoms with E-state index in [1.807, 2.05) is 6.92 Å². The molecule has 3 N–H and O–H groups in total. The largest absolute Gasteiger partial charge is 0.394 e. The van der Waals surface area contributed by atoms with Crippen LogP contribution in [0.4, 0.5) is 11.6 Å². The zero-order valence-electron chi connectivity index (χ0n) is 11.5. The number of nitrogen functional groups attached to an aromatic ring is 1.